The summed E-state index contributed by atoms with van der Waals surface area (Å²) in [5.41, 5.74) is 2.75. The lowest BCUT2D eigenvalue weighted by Gasteiger charge is -2.21. The van der Waals surface area contributed by atoms with E-state index in [0.717, 1.165) is 16.8 Å². The van der Waals surface area contributed by atoms with Crippen molar-refractivity contribution >= 4 is 23.5 Å². The molecule has 0 aliphatic carbocycles. The van der Waals surface area contributed by atoms with Gasteiger partial charge in [-0.05, 0) is 19.1 Å². The number of benzene rings is 1. The van der Waals surface area contributed by atoms with Crippen molar-refractivity contribution in [2.24, 2.45) is 0 Å². The third-order valence-corrected chi connectivity index (χ3v) is 5.16. The summed E-state index contributed by atoms with van der Waals surface area (Å²) in [4.78, 5) is 11.9. The molecule has 1 atom stereocenters. The molecule has 128 valence electrons. The number of H-pyrrole nitrogens is 1. The van der Waals surface area contributed by atoms with Gasteiger partial charge in [0.2, 0.25) is 11.7 Å². The van der Waals surface area contributed by atoms with Crippen LogP contribution in [0.5, 0.6) is 17.2 Å². The van der Waals surface area contributed by atoms with Gasteiger partial charge in [-0.25, -0.2) is 0 Å². The Bertz CT molecular complexity index is 775. The molecule has 0 unspecified atom stereocenters. The predicted octanol–water partition coefficient (Wildman–Crippen LogP) is 2.52. The molecule has 3 rings (SSSR count). The first-order chi connectivity index (χ1) is 11.6. The maximum Gasteiger partial charge on any atom is 0.235 e. The highest BCUT2D eigenvalue weighted by molar-refractivity contribution is 8.00. The van der Waals surface area contributed by atoms with E-state index in [1.165, 1.54) is 11.8 Å². The number of nitrogens with one attached hydrogen (secondary N) is 2. The van der Waals surface area contributed by atoms with E-state index in [9.17, 15) is 4.79 Å². The Labute approximate surface area is 144 Å². The number of hydrogen-bond donors (Lipinski definition) is 2. The number of ether oxygens (including phenoxy) is 3. The molecular formula is C16H19N3O4S. The number of rotatable bonds is 4. The van der Waals surface area contributed by atoms with Gasteiger partial charge in [-0.2, -0.15) is 5.10 Å². The van der Waals surface area contributed by atoms with Crippen LogP contribution in [0.2, 0.25) is 0 Å². The predicted molar refractivity (Wildman–Crippen MR) is 92.4 cm³/mol. The summed E-state index contributed by atoms with van der Waals surface area (Å²) >= 11 is 1.52. The number of carbonyl (C=O) groups excluding carboxylic acids is 1. The topological polar surface area (TPSA) is 85.5 Å². The van der Waals surface area contributed by atoms with Crippen molar-refractivity contribution in [3.05, 3.63) is 29.0 Å². The number of aromatic nitrogens is 2. The Morgan fingerprint density at radius 1 is 1.17 bits per heavy atom. The fourth-order valence-electron chi connectivity index (χ4n) is 2.84. The van der Waals surface area contributed by atoms with Crippen LogP contribution in [0, 0.1) is 6.92 Å². The number of amides is 1. The summed E-state index contributed by atoms with van der Waals surface area (Å²) in [7, 11) is 4.75. The van der Waals surface area contributed by atoms with E-state index < -0.39 is 0 Å². The maximum atomic E-state index is 11.9. The zero-order chi connectivity index (χ0) is 17.3. The van der Waals surface area contributed by atoms with Crippen molar-refractivity contribution in [3.8, 4) is 17.2 Å². The molecule has 0 fully saturated rings. The molecule has 1 aromatic heterocycles. The fourth-order valence-corrected chi connectivity index (χ4v) is 4.05. The Kier molecular flexibility index (Phi) is 4.57. The largest absolute Gasteiger partial charge is 0.493 e. The number of fused-ring (bicyclic) bond motifs is 1. The van der Waals surface area contributed by atoms with E-state index in [2.05, 4.69) is 15.5 Å². The van der Waals surface area contributed by atoms with Crippen LogP contribution in [0.15, 0.2) is 12.1 Å². The number of hydrogen-bond acceptors (Lipinski definition) is 6. The van der Waals surface area contributed by atoms with E-state index in [1.807, 2.05) is 19.1 Å². The second-order valence-electron chi connectivity index (χ2n) is 5.27. The highest BCUT2D eigenvalue weighted by atomic mass is 32.2. The van der Waals surface area contributed by atoms with Crippen molar-refractivity contribution in [2.45, 2.75) is 12.2 Å². The van der Waals surface area contributed by atoms with Crippen molar-refractivity contribution in [3.63, 3.8) is 0 Å². The number of carbonyl (C=O) groups is 1. The summed E-state index contributed by atoms with van der Waals surface area (Å²) < 4.78 is 16.4. The van der Waals surface area contributed by atoms with Crippen LogP contribution in [-0.2, 0) is 4.79 Å². The molecule has 0 spiro atoms. The second kappa shape index (κ2) is 6.64. The molecule has 0 saturated carbocycles. The second-order valence-corrected chi connectivity index (χ2v) is 6.37. The molecule has 1 amide bonds. The average Bonchev–Trinajstić information content (AvgIpc) is 2.85. The monoisotopic (exact) mass is 349 g/mol. The number of aryl methyl sites for hydroxylation is 1. The SMILES string of the molecule is COc1ccc([C@H]2SCC(=O)Nc3n[nH]c(C)c32)c(OC)c1OC. The van der Waals surface area contributed by atoms with Gasteiger partial charge in [-0.3, -0.25) is 9.89 Å². The lowest BCUT2D eigenvalue weighted by Crippen LogP contribution is -2.12. The summed E-state index contributed by atoms with van der Waals surface area (Å²) in [5, 5.41) is 9.86. The molecule has 0 bridgehead atoms. The standard InChI is InChI=1S/C16H19N3O4S/c1-8-12-15(24-7-11(20)17-16(12)19-18-8)9-5-6-10(21-2)14(23-4)13(9)22-3/h5-6,15H,7H2,1-4H3,(H2,17,18,19,20)/t15-/m1/s1. The van der Waals surface area contributed by atoms with Crippen LogP contribution in [-0.4, -0.2) is 43.2 Å². The number of thioether (sulfide) groups is 1. The third-order valence-electron chi connectivity index (χ3n) is 3.91. The number of methoxy groups -OCH3 is 3. The highest BCUT2D eigenvalue weighted by Gasteiger charge is 2.31. The van der Waals surface area contributed by atoms with Crippen molar-refractivity contribution < 1.29 is 19.0 Å². The third kappa shape index (κ3) is 2.66. The first-order valence-corrected chi connectivity index (χ1v) is 8.40. The molecule has 8 heteroatoms. The van der Waals surface area contributed by atoms with Crippen molar-refractivity contribution in [2.75, 3.05) is 32.4 Å². The molecule has 7 nitrogen and oxygen atoms in total. The van der Waals surface area contributed by atoms with Gasteiger partial charge in [0.25, 0.3) is 0 Å². The summed E-state index contributed by atoms with van der Waals surface area (Å²) in [6, 6.07) is 3.77. The Morgan fingerprint density at radius 2 is 1.92 bits per heavy atom. The molecule has 0 saturated heterocycles. The molecule has 2 N–H and O–H groups in total. The van der Waals surface area contributed by atoms with E-state index in [4.69, 9.17) is 14.2 Å². The quantitative estimate of drug-likeness (QED) is 0.882. The van der Waals surface area contributed by atoms with E-state index in [1.54, 1.807) is 21.3 Å². The Hall–Kier alpha value is -2.35. The van der Waals surface area contributed by atoms with E-state index in [0.29, 0.717) is 28.8 Å². The average molecular weight is 349 g/mol. The zero-order valence-electron chi connectivity index (χ0n) is 13.9. The molecule has 1 aromatic carbocycles. The van der Waals surface area contributed by atoms with Gasteiger partial charge in [0.05, 0.1) is 32.3 Å². The molecule has 1 aliphatic rings. The van der Waals surface area contributed by atoms with Crippen LogP contribution >= 0.6 is 11.8 Å². The molecular weight excluding hydrogens is 330 g/mol. The van der Waals surface area contributed by atoms with Gasteiger partial charge in [-0.1, -0.05) is 0 Å². The van der Waals surface area contributed by atoms with Crippen LogP contribution in [0.25, 0.3) is 0 Å². The molecule has 2 aromatic rings. The minimum absolute atomic E-state index is 0.0744. The minimum Gasteiger partial charge on any atom is -0.493 e. The van der Waals surface area contributed by atoms with Crippen LogP contribution in [0.3, 0.4) is 0 Å². The Morgan fingerprint density at radius 3 is 2.58 bits per heavy atom. The van der Waals surface area contributed by atoms with Crippen molar-refractivity contribution in [1.29, 1.82) is 0 Å². The lowest BCUT2D eigenvalue weighted by atomic mass is 10.0. The van der Waals surface area contributed by atoms with Crippen molar-refractivity contribution in [1.82, 2.24) is 10.2 Å². The normalized spacial score (nSPS) is 16.8. The fraction of sp³-hybridized carbons (Fsp3) is 0.375. The zero-order valence-corrected chi connectivity index (χ0v) is 14.7. The summed E-state index contributed by atoms with van der Waals surface area (Å²) in [6.45, 7) is 1.93. The summed E-state index contributed by atoms with van der Waals surface area (Å²) in [5.74, 6) is 2.53. The van der Waals surface area contributed by atoms with E-state index >= 15 is 0 Å². The van der Waals surface area contributed by atoms with Crippen LogP contribution in [0.1, 0.15) is 22.1 Å². The molecule has 24 heavy (non-hydrogen) atoms. The van der Waals surface area contributed by atoms with Gasteiger partial charge in [0.15, 0.2) is 17.3 Å². The number of aromatic amines is 1. The van der Waals surface area contributed by atoms with Gasteiger partial charge in [0.1, 0.15) is 0 Å². The lowest BCUT2D eigenvalue weighted by molar-refractivity contribution is -0.113. The Balaban J connectivity index is 2.18. The molecule has 0 radical (unpaired) electrons. The van der Waals surface area contributed by atoms with E-state index in [-0.39, 0.29) is 11.2 Å². The highest BCUT2D eigenvalue weighted by Crippen LogP contribution is 2.50. The van der Waals surface area contributed by atoms with Crippen LogP contribution < -0.4 is 19.5 Å². The number of anilines is 1. The number of nitrogens with zero attached hydrogens (tertiary/aromatic N) is 1. The maximum absolute atomic E-state index is 11.9. The van der Waals surface area contributed by atoms with Gasteiger partial charge in [0, 0.05) is 16.8 Å². The van der Waals surface area contributed by atoms with Crippen LogP contribution in [0.4, 0.5) is 5.82 Å². The molecule has 1 aliphatic heterocycles. The van der Waals surface area contributed by atoms with Gasteiger partial charge >= 0.3 is 0 Å². The van der Waals surface area contributed by atoms with Gasteiger partial charge in [-0.15, -0.1) is 11.8 Å². The minimum atomic E-state index is -0.118. The first kappa shape index (κ1) is 16.5. The molecule has 2 heterocycles. The first-order valence-electron chi connectivity index (χ1n) is 7.35. The summed E-state index contributed by atoms with van der Waals surface area (Å²) in [6.07, 6.45) is 0. The smallest absolute Gasteiger partial charge is 0.235 e. The van der Waals surface area contributed by atoms with Gasteiger partial charge < -0.3 is 19.5 Å².